The zero-order valence-corrected chi connectivity index (χ0v) is 13.5. The fourth-order valence-corrected chi connectivity index (χ4v) is 3.02. The van der Waals surface area contributed by atoms with Crippen LogP contribution >= 0.6 is 11.3 Å². The molecule has 0 fully saturated rings. The van der Waals surface area contributed by atoms with Crippen molar-refractivity contribution in [1.82, 2.24) is 0 Å². The number of para-hydroxylation sites is 1. The summed E-state index contributed by atoms with van der Waals surface area (Å²) < 4.78 is 10.4. The fraction of sp³-hybridized carbons (Fsp3) is 0.118. The van der Waals surface area contributed by atoms with Gasteiger partial charge in [-0.05, 0) is 36.1 Å². The summed E-state index contributed by atoms with van der Waals surface area (Å²) in [5.41, 5.74) is 1.58. The lowest BCUT2D eigenvalue weighted by Crippen LogP contribution is -2.21. The van der Waals surface area contributed by atoms with Crippen LogP contribution in [0.25, 0.3) is 11.0 Å². The zero-order chi connectivity index (χ0) is 17.1. The first-order chi connectivity index (χ1) is 11.6. The molecule has 3 aromatic rings. The molecule has 7 heteroatoms. The van der Waals surface area contributed by atoms with E-state index in [1.165, 1.54) is 11.3 Å². The summed E-state index contributed by atoms with van der Waals surface area (Å²) in [4.78, 5) is 24.4. The summed E-state index contributed by atoms with van der Waals surface area (Å²) in [5.74, 6) is -1.08. The molecule has 0 aliphatic carbocycles. The summed E-state index contributed by atoms with van der Waals surface area (Å²) in [6, 6.07) is 10.7. The first-order valence-corrected chi connectivity index (χ1v) is 7.91. The lowest BCUT2D eigenvalue weighted by atomic mass is 10.2. The van der Waals surface area contributed by atoms with Crippen LogP contribution in [0.1, 0.15) is 21.0 Å². The van der Waals surface area contributed by atoms with E-state index in [1.807, 2.05) is 6.07 Å². The molecule has 2 heterocycles. The number of thiophene rings is 1. The SMILES string of the molecule is Cc1ccsc1C(=O)OCC(=O)Nc1c(C#N)oc2ccccc12. The van der Waals surface area contributed by atoms with Crippen LogP contribution in [0.5, 0.6) is 0 Å². The van der Waals surface area contributed by atoms with Crippen molar-refractivity contribution >= 4 is 39.9 Å². The Kier molecular flexibility index (Phi) is 4.31. The van der Waals surface area contributed by atoms with Crippen molar-refractivity contribution in [3.63, 3.8) is 0 Å². The maximum absolute atomic E-state index is 12.0. The number of hydrogen-bond acceptors (Lipinski definition) is 6. The predicted octanol–water partition coefficient (Wildman–Crippen LogP) is 3.47. The van der Waals surface area contributed by atoms with Crippen LogP contribution in [0.3, 0.4) is 0 Å². The molecule has 0 unspecified atom stereocenters. The second kappa shape index (κ2) is 6.56. The van der Waals surface area contributed by atoms with Gasteiger partial charge >= 0.3 is 5.97 Å². The highest BCUT2D eigenvalue weighted by Crippen LogP contribution is 2.30. The molecule has 0 aliphatic heterocycles. The molecule has 2 aromatic heterocycles. The molecule has 0 radical (unpaired) electrons. The molecule has 0 atom stereocenters. The third-order valence-electron chi connectivity index (χ3n) is 3.34. The molecule has 1 aromatic carbocycles. The van der Waals surface area contributed by atoms with Crippen molar-refractivity contribution in [2.24, 2.45) is 0 Å². The minimum Gasteiger partial charge on any atom is -0.451 e. The van der Waals surface area contributed by atoms with Gasteiger partial charge in [0, 0.05) is 5.39 Å². The van der Waals surface area contributed by atoms with Crippen LogP contribution in [-0.2, 0) is 9.53 Å². The number of nitrogens with one attached hydrogen (secondary N) is 1. The predicted molar refractivity (Wildman–Crippen MR) is 88.9 cm³/mol. The van der Waals surface area contributed by atoms with Gasteiger partial charge in [0.15, 0.2) is 6.61 Å². The van der Waals surface area contributed by atoms with Gasteiger partial charge < -0.3 is 14.5 Å². The zero-order valence-electron chi connectivity index (χ0n) is 12.7. The van der Waals surface area contributed by atoms with Crippen LogP contribution in [0.4, 0.5) is 5.69 Å². The number of nitrogens with zero attached hydrogens (tertiary/aromatic N) is 1. The van der Waals surface area contributed by atoms with E-state index in [0.717, 1.165) is 5.56 Å². The molecule has 1 amide bonds. The number of furan rings is 1. The van der Waals surface area contributed by atoms with E-state index >= 15 is 0 Å². The van der Waals surface area contributed by atoms with E-state index in [1.54, 1.807) is 42.6 Å². The highest BCUT2D eigenvalue weighted by molar-refractivity contribution is 7.12. The highest BCUT2D eigenvalue weighted by atomic mass is 32.1. The number of ether oxygens (including phenoxy) is 1. The molecular formula is C17H12N2O4S. The number of esters is 1. The van der Waals surface area contributed by atoms with Gasteiger partial charge in [-0.3, -0.25) is 4.79 Å². The lowest BCUT2D eigenvalue weighted by Gasteiger charge is -2.05. The minimum absolute atomic E-state index is 0.00461. The van der Waals surface area contributed by atoms with E-state index < -0.39 is 18.5 Å². The Hall–Kier alpha value is -3.11. The van der Waals surface area contributed by atoms with Crippen LogP contribution in [0, 0.1) is 18.3 Å². The maximum atomic E-state index is 12.0. The average Bonchev–Trinajstić information content (AvgIpc) is 3.16. The number of carbonyl (C=O) groups excluding carboxylic acids is 2. The number of amides is 1. The van der Waals surface area contributed by atoms with Crippen molar-refractivity contribution in [1.29, 1.82) is 5.26 Å². The van der Waals surface area contributed by atoms with Crippen molar-refractivity contribution < 1.29 is 18.7 Å². The Balaban J connectivity index is 1.71. The number of aryl methyl sites for hydroxylation is 1. The Bertz CT molecular complexity index is 965. The van der Waals surface area contributed by atoms with Gasteiger partial charge in [0.25, 0.3) is 5.91 Å². The second-order valence-electron chi connectivity index (χ2n) is 4.97. The van der Waals surface area contributed by atoms with Gasteiger partial charge in [0.1, 0.15) is 22.2 Å². The van der Waals surface area contributed by atoms with E-state index in [9.17, 15) is 9.59 Å². The quantitative estimate of drug-likeness (QED) is 0.734. The molecule has 0 aliphatic rings. The molecule has 24 heavy (non-hydrogen) atoms. The molecule has 0 saturated carbocycles. The Morgan fingerprint density at radius 2 is 2.12 bits per heavy atom. The number of nitriles is 1. The molecule has 1 N–H and O–H groups in total. The summed E-state index contributed by atoms with van der Waals surface area (Å²) in [7, 11) is 0. The van der Waals surface area contributed by atoms with E-state index in [0.29, 0.717) is 15.8 Å². The second-order valence-corrected chi connectivity index (χ2v) is 5.89. The average molecular weight is 340 g/mol. The topological polar surface area (TPSA) is 92.3 Å². The molecule has 3 rings (SSSR count). The maximum Gasteiger partial charge on any atom is 0.349 e. The van der Waals surface area contributed by atoms with E-state index in [-0.39, 0.29) is 11.4 Å². The Labute approximate surface area is 141 Å². The summed E-state index contributed by atoms with van der Waals surface area (Å²) in [6.07, 6.45) is 0. The van der Waals surface area contributed by atoms with E-state index in [2.05, 4.69) is 5.32 Å². The smallest absolute Gasteiger partial charge is 0.349 e. The third-order valence-corrected chi connectivity index (χ3v) is 4.34. The number of hydrogen-bond donors (Lipinski definition) is 1. The van der Waals surface area contributed by atoms with Crippen LogP contribution < -0.4 is 5.32 Å². The molecule has 0 bridgehead atoms. The van der Waals surface area contributed by atoms with Crippen LogP contribution in [0.2, 0.25) is 0 Å². The first kappa shape index (κ1) is 15.8. The Morgan fingerprint density at radius 3 is 2.83 bits per heavy atom. The van der Waals surface area contributed by atoms with Crippen molar-refractivity contribution in [3.8, 4) is 6.07 Å². The Morgan fingerprint density at radius 1 is 1.33 bits per heavy atom. The van der Waals surface area contributed by atoms with Gasteiger partial charge in [-0.2, -0.15) is 5.26 Å². The van der Waals surface area contributed by atoms with Crippen molar-refractivity contribution in [2.45, 2.75) is 6.92 Å². The first-order valence-electron chi connectivity index (χ1n) is 7.03. The van der Waals surface area contributed by atoms with Crippen LogP contribution in [0.15, 0.2) is 40.1 Å². The third kappa shape index (κ3) is 3.00. The van der Waals surface area contributed by atoms with Gasteiger partial charge in [-0.25, -0.2) is 4.79 Å². The number of fused-ring (bicyclic) bond motifs is 1. The summed E-state index contributed by atoms with van der Waals surface area (Å²) in [6.45, 7) is 1.35. The molecule has 0 spiro atoms. The van der Waals surface area contributed by atoms with Gasteiger partial charge in [0.05, 0.1) is 0 Å². The number of rotatable bonds is 4. The van der Waals surface area contributed by atoms with Crippen molar-refractivity contribution in [2.75, 3.05) is 11.9 Å². The monoisotopic (exact) mass is 340 g/mol. The minimum atomic E-state index is -0.546. The van der Waals surface area contributed by atoms with Gasteiger partial charge in [-0.1, -0.05) is 12.1 Å². The van der Waals surface area contributed by atoms with Gasteiger partial charge in [-0.15, -0.1) is 11.3 Å². The fourth-order valence-electron chi connectivity index (χ4n) is 2.20. The lowest BCUT2D eigenvalue weighted by molar-refractivity contribution is -0.119. The summed E-state index contributed by atoms with van der Waals surface area (Å²) >= 11 is 1.26. The molecule has 120 valence electrons. The molecule has 6 nitrogen and oxygen atoms in total. The highest BCUT2D eigenvalue weighted by Gasteiger charge is 2.18. The van der Waals surface area contributed by atoms with Crippen molar-refractivity contribution in [3.05, 3.63) is 51.9 Å². The summed E-state index contributed by atoms with van der Waals surface area (Å²) in [5, 5.41) is 14.1. The normalized spacial score (nSPS) is 10.3. The largest absolute Gasteiger partial charge is 0.451 e. The van der Waals surface area contributed by atoms with Crippen LogP contribution in [-0.4, -0.2) is 18.5 Å². The molecule has 0 saturated heterocycles. The number of benzene rings is 1. The van der Waals surface area contributed by atoms with Gasteiger partial charge in [0.2, 0.25) is 5.76 Å². The molecular weight excluding hydrogens is 328 g/mol. The number of carbonyl (C=O) groups is 2. The number of anilines is 1. The standard InChI is InChI=1S/C17H12N2O4S/c1-10-6-7-24-16(10)17(21)22-9-14(20)19-15-11-4-2-3-5-12(11)23-13(15)8-18/h2-7H,9H2,1H3,(H,19,20). The van der Waals surface area contributed by atoms with E-state index in [4.69, 9.17) is 14.4 Å².